The Morgan fingerprint density at radius 2 is 1.96 bits per heavy atom. The number of ether oxygens (including phenoxy) is 2. The minimum Gasteiger partial charge on any atom is -0.486 e. The van der Waals surface area contributed by atoms with Crippen molar-refractivity contribution in [1.82, 2.24) is 10.5 Å². The van der Waals surface area contributed by atoms with Crippen molar-refractivity contribution in [2.24, 2.45) is 0 Å². The molecule has 1 aliphatic heterocycles. The van der Waals surface area contributed by atoms with Gasteiger partial charge in [0.25, 0.3) is 0 Å². The Balaban J connectivity index is 1.40. The van der Waals surface area contributed by atoms with Crippen LogP contribution in [0.2, 0.25) is 0 Å². The largest absolute Gasteiger partial charge is 0.486 e. The molecule has 1 aliphatic rings. The van der Waals surface area contributed by atoms with Crippen molar-refractivity contribution in [1.29, 1.82) is 0 Å². The van der Waals surface area contributed by atoms with E-state index in [-0.39, 0.29) is 11.8 Å². The van der Waals surface area contributed by atoms with E-state index in [0.29, 0.717) is 37.6 Å². The number of rotatable bonds is 7. The van der Waals surface area contributed by atoms with Crippen molar-refractivity contribution in [2.75, 3.05) is 18.5 Å². The van der Waals surface area contributed by atoms with Crippen molar-refractivity contribution in [3.63, 3.8) is 0 Å². The van der Waals surface area contributed by atoms with Crippen molar-refractivity contribution in [3.05, 3.63) is 35.6 Å². The SMILES string of the molecule is Cc1cc(NC(=O)[C@H](C)NC(=O)CCCc2ccc3c(c2)OCCO3)no1. The lowest BCUT2D eigenvalue weighted by Crippen LogP contribution is -2.41. The fourth-order valence-electron chi connectivity index (χ4n) is 2.74. The Hall–Kier alpha value is -3.03. The summed E-state index contributed by atoms with van der Waals surface area (Å²) in [7, 11) is 0. The van der Waals surface area contributed by atoms with Crippen LogP contribution in [0.4, 0.5) is 5.82 Å². The maximum atomic E-state index is 12.1. The van der Waals surface area contributed by atoms with Gasteiger partial charge in [-0.2, -0.15) is 0 Å². The summed E-state index contributed by atoms with van der Waals surface area (Å²) in [5.74, 6) is 1.91. The summed E-state index contributed by atoms with van der Waals surface area (Å²) in [6.45, 7) is 4.47. The van der Waals surface area contributed by atoms with Gasteiger partial charge in [0.05, 0.1) is 0 Å². The van der Waals surface area contributed by atoms with Gasteiger partial charge in [0.1, 0.15) is 25.0 Å². The van der Waals surface area contributed by atoms with E-state index < -0.39 is 6.04 Å². The molecule has 8 heteroatoms. The van der Waals surface area contributed by atoms with E-state index in [0.717, 1.165) is 23.5 Å². The molecule has 0 bridgehead atoms. The molecule has 2 amide bonds. The number of anilines is 1. The summed E-state index contributed by atoms with van der Waals surface area (Å²) in [6.07, 6.45) is 1.74. The number of carbonyl (C=O) groups excluding carboxylic acids is 2. The van der Waals surface area contributed by atoms with Crippen LogP contribution in [-0.2, 0) is 16.0 Å². The summed E-state index contributed by atoms with van der Waals surface area (Å²) < 4.78 is 15.9. The van der Waals surface area contributed by atoms with Gasteiger partial charge < -0.3 is 24.6 Å². The molecule has 1 atom stereocenters. The van der Waals surface area contributed by atoms with Crippen molar-refractivity contribution >= 4 is 17.6 Å². The van der Waals surface area contributed by atoms with E-state index in [1.54, 1.807) is 19.9 Å². The van der Waals surface area contributed by atoms with Crippen LogP contribution in [0.1, 0.15) is 31.1 Å². The monoisotopic (exact) mass is 373 g/mol. The quantitative estimate of drug-likeness (QED) is 0.771. The lowest BCUT2D eigenvalue weighted by atomic mass is 10.1. The highest BCUT2D eigenvalue weighted by atomic mass is 16.6. The van der Waals surface area contributed by atoms with Gasteiger partial charge in [-0.15, -0.1) is 0 Å². The number of hydrogen-bond donors (Lipinski definition) is 2. The third-order valence-corrected chi connectivity index (χ3v) is 4.13. The average molecular weight is 373 g/mol. The Morgan fingerprint density at radius 3 is 2.70 bits per heavy atom. The second-order valence-electron chi connectivity index (χ2n) is 6.43. The van der Waals surface area contributed by atoms with Gasteiger partial charge in [0, 0.05) is 12.5 Å². The van der Waals surface area contributed by atoms with Crippen molar-refractivity contribution in [3.8, 4) is 11.5 Å². The number of nitrogens with zero attached hydrogens (tertiary/aromatic N) is 1. The fraction of sp³-hybridized carbons (Fsp3) is 0.421. The zero-order valence-electron chi connectivity index (χ0n) is 15.4. The molecule has 27 heavy (non-hydrogen) atoms. The number of nitrogens with one attached hydrogen (secondary N) is 2. The van der Waals surface area contributed by atoms with Gasteiger partial charge in [-0.3, -0.25) is 9.59 Å². The van der Waals surface area contributed by atoms with Gasteiger partial charge in [-0.25, -0.2) is 0 Å². The van der Waals surface area contributed by atoms with E-state index in [2.05, 4.69) is 15.8 Å². The Bertz CT molecular complexity index is 817. The molecule has 8 nitrogen and oxygen atoms in total. The third kappa shape index (κ3) is 5.22. The predicted octanol–water partition coefficient (Wildman–Crippen LogP) is 2.22. The molecule has 0 fully saturated rings. The highest BCUT2D eigenvalue weighted by Crippen LogP contribution is 2.31. The molecule has 0 saturated heterocycles. The highest BCUT2D eigenvalue weighted by molar-refractivity contribution is 5.96. The Labute approximate surface area is 157 Å². The molecule has 0 aliphatic carbocycles. The summed E-state index contributed by atoms with van der Waals surface area (Å²) in [4.78, 5) is 24.1. The van der Waals surface area contributed by atoms with Gasteiger partial charge in [-0.1, -0.05) is 11.2 Å². The summed E-state index contributed by atoms with van der Waals surface area (Å²) >= 11 is 0. The molecule has 2 aromatic rings. The van der Waals surface area contributed by atoms with Crippen LogP contribution in [-0.4, -0.2) is 36.2 Å². The van der Waals surface area contributed by atoms with Crippen LogP contribution in [0.15, 0.2) is 28.8 Å². The Morgan fingerprint density at radius 1 is 1.19 bits per heavy atom. The topological polar surface area (TPSA) is 103 Å². The second kappa shape index (κ2) is 8.57. The van der Waals surface area contributed by atoms with E-state index in [1.165, 1.54) is 0 Å². The Kier molecular flexibility index (Phi) is 5.95. The molecule has 0 spiro atoms. The van der Waals surface area contributed by atoms with E-state index >= 15 is 0 Å². The maximum Gasteiger partial charge on any atom is 0.247 e. The number of carbonyl (C=O) groups is 2. The van der Waals surface area contributed by atoms with Gasteiger partial charge in [0.15, 0.2) is 17.3 Å². The van der Waals surface area contributed by atoms with E-state index in [9.17, 15) is 9.59 Å². The highest BCUT2D eigenvalue weighted by Gasteiger charge is 2.17. The minimum absolute atomic E-state index is 0.175. The second-order valence-corrected chi connectivity index (χ2v) is 6.43. The molecular formula is C19H23N3O5. The smallest absolute Gasteiger partial charge is 0.247 e. The zero-order chi connectivity index (χ0) is 19.2. The van der Waals surface area contributed by atoms with Gasteiger partial charge in [0.2, 0.25) is 11.8 Å². The number of fused-ring (bicyclic) bond motifs is 1. The molecule has 0 unspecified atom stereocenters. The first-order chi connectivity index (χ1) is 13.0. The summed E-state index contributed by atoms with van der Waals surface area (Å²) in [6, 6.07) is 6.76. The molecule has 144 valence electrons. The van der Waals surface area contributed by atoms with Gasteiger partial charge in [-0.05, 0) is 44.4 Å². The van der Waals surface area contributed by atoms with Gasteiger partial charge >= 0.3 is 0 Å². The minimum atomic E-state index is -0.663. The van der Waals surface area contributed by atoms with E-state index in [1.807, 2.05) is 18.2 Å². The molecule has 2 N–H and O–H groups in total. The third-order valence-electron chi connectivity index (χ3n) is 4.13. The zero-order valence-corrected chi connectivity index (χ0v) is 15.4. The lowest BCUT2D eigenvalue weighted by Gasteiger charge is -2.18. The first-order valence-corrected chi connectivity index (χ1v) is 8.93. The first kappa shape index (κ1) is 18.8. The fourth-order valence-corrected chi connectivity index (χ4v) is 2.74. The van der Waals surface area contributed by atoms with E-state index in [4.69, 9.17) is 14.0 Å². The molecular weight excluding hydrogens is 350 g/mol. The van der Waals surface area contributed by atoms with Crippen LogP contribution in [0.5, 0.6) is 11.5 Å². The summed E-state index contributed by atoms with van der Waals surface area (Å²) in [5, 5.41) is 8.98. The number of benzene rings is 1. The van der Waals surface area contributed by atoms with Crippen LogP contribution < -0.4 is 20.1 Å². The standard InChI is InChI=1S/C19H23N3O5/c1-12-10-17(22-27-12)21-19(24)13(2)20-18(23)5-3-4-14-6-7-15-16(11-14)26-9-8-25-15/h6-7,10-11,13H,3-5,8-9H2,1-2H3,(H,20,23)(H,21,22,24)/t13-/m0/s1. The number of hydrogen-bond acceptors (Lipinski definition) is 6. The predicted molar refractivity (Wildman–Crippen MR) is 97.8 cm³/mol. The number of amides is 2. The molecule has 2 heterocycles. The van der Waals surface area contributed by atoms with Crippen LogP contribution >= 0.6 is 0 Å². The first-order valence-electron chi connectivity index (χ1n) is 8.93. The van der Waals surface area contributed by atoms with Crippen LogP contribution in [0, 0.1) is 6.92 Å². The molecule has 1 aromatic carbocycles. The molecule has 3 rings (SSSR count). The normalized spacial score (nSPS) is 13.7. The molecule has 0 radical (unpaired) electrons. The number of aromatic nitrogens is 1. The van der Waals surface area contributed by atoms with Crippen molar-refractivity contribution in [2.45, 2.75) is 39.2 Å². The number of aryl methyl sites for hydroxylation is 2. The molecule has 1 aromatic heterocycles. The maximum absolute atomic E-state index is 12.1. The molecule has 0 saturated carbocycles. The average Bonchev–Trinajstić information content (AvgIpc) is 3.06. The summed E-state index contributed by atoms with van der Waals surface area (Å²) in [5.41, 5.74) is 1.08. The van der Waals surface area contributed by atoms with Crippen LogP contribution in [0.3, 0.4) is 0 Å². The van der Waals surface area contributed by atoms with Crippen molar-refractivity contribution < 1.29 is 23.6 Å². The lowest BCUT2D eigenvalue weighted by molar-refractivity contribution is -0.126. The van der Waals surface area contributed by atoms with Crippen LogP contribution in [0.25, 0.3) is 0 Å².